The molecule has 1 aliphatic rings. The van der Waals surface area contributed by atoms with E-state index in [-0.39, 0.29) is 11.9 Å². The highest BCUT2D eigenvalue weighted by molar-refractivity contribution is 5.78. The molecule has 0 saturated heterocycles. The van der Waals surface area contributed by atoms with E-state index in [9.17, 15) is 4.39 Å². The van der Waals surface area contributed by atoms with E-state index in [2.05, 4.69) is 24.2 Å². The summed E-state index contributed by atoms with van der Waals surface area (Å²) in [5.74, 6) is 1.25. The molecule has 1 heterocycles. The van der Waals surface area contributed by atoms with Crippen LogP contribution in [0, 0.1) is 11.7 Å². The molecule has 0 aliphatic carbocycles. The minimum Gasteiger partial charge on any atom is -0.491 e. The van der Waals surface area contributed by atoms with Crippen molar-refractivity contribution in [3.8, 4) is 5.75 Å². The molecule has 5 heteroatoms. The first-order chi connectivity index (χ1) is 8.56. The number of guanidine groups is 1. The third-order valence-corrected chi connectivity index (χ3v) is 2.70. The molecule has 0 aromatic heterocycles. The van der Waals surface area contributed by atoms with E-state index in [1.807, 2.05) is 0 Å². The number of ether oxygens (including phenoxy) is 1. The van der Waals surface area contributed by atoms with Crippen molar-refractivity contribution >= 4 is 5.96 Å². The van der Waals surface area contributed by atoms with Gasteiger partial charge in [0.25, 0.3) is 0 Å². The maximum Gasteiger partial charge on any atom is 0.189 e. The summed E-state index contributed by atoms with van der Waals surface area (Å²) in [5, 5.41) is 3.05. The van der Waals surface area contributed by atoms with E-state index in [1.54, 1.807) is 6.07 Å². The number of hydrogen-bond donors (Lipinski definition) is 2. The van der Waals surface area contributed by atoms with Gasteiger partial charge in [-0.25, -0.2) is 4.39 Å². The number of fused-ring (bicyclic) bond motifs is 1. The van der Waals surface area contributed by atoms with Crippen molar-refractivity contribution in [1.82, 2.24) is 5.32 Å². The molecular weight excluding hydrogens is 233 g/mol. The van der Waals surface area contributed by atoms with Crippen molar-refractivity contribution < 1.29 is 9.13 Å². The van der Waals surface area contributed by atoms with Crippen LogP contribution in [-0.2, 0) is 0 Å². The average Bonchev–Trinajstić information content (AvgIpc) is 2.69. The van der Waals surface area contributed by atoms with Gasteiger partial charge in [0.05, 0.1) is 6.04 Å². The first-order valence-corrected chi connectivity index (χ1v) is 6.05. The van der Waals surface area contributed by atoms with Crippen LogP contribution >= 0.6 is 0 Å². The zero-order valence-electron chi connectivity index (χ0n) is 10.6. The lowest BCUT2D eigenvalue weighted by atomic mass is 10.1. The highest BCUT2D eigenvalue weighted by atomic mass is 19.1. The van der Waals surface area contributed by atoms with E-state index >= 15 is 0 Å². The summed E-state index contributed by atoms with van der Waals surface area (Å²) in [5.41, 5.74) is 6.58. The second-order valence-electron chi connectivity index (χ2n) is 4.81. The van der Waals surface area contributed by atoms with E-state index < -0.39 is 0 Å². The maximum atomic E-state index is 13.2. The normalized spacial score (nSPS) is 18.7. The SMILES string of the molecule is CC(C)CN=C(N)NC1COc2ccc(F)cc21. The van der Waals surface area contributed by atoms with Crippen LogP contribution in [0.15, 0.2) is 23.2 Å². The summed E-state index contributed by atoms with van der Waals surface area (Å²) < 4.78 is 18.6. The minimum atomic E-state index is -0.274. The van der Waals surface area contributed by atoms with Gasteiger partial charge in [-0.2, -0.15) is 0 Å². The molecule has 0 amide bonds. The molecule has 0 spiro atoms. The van der Waals surface area contributed by atoms with Crippen molar-refractivity contribution in [3.05, 3.63) is 29.6 Å². The molecule has 2 rings (SSSR count). The van der Waals surface area contributed by atoms with E-state index in [4.69, 9.17) is 10.5 Å². The van der Waals surface area contributed by atoms with Gasteiger partial charge in [0.15, 0.2) is 5.96 Å². The second kappa shape index (κ2) is 5.25. The Bertz CT molecular complexity index is 460. The van der Waals surface area contributed by atoms with Crippen LogP contribution < -0.4 is 15.8 Å². The first-order valence-electron chi connectivity index (χ1n) is 6.05. The lowest BCUT2D eigenvalue weighted by Crippen LogP contribution is -2.36. The van der Waals surface area contributed by atoms with Crippen molar-refractivity contribution in [2.45, 2.75) is 19.9 Å². The number of nitrogens with one attached hydrogen (secondary N) is 1. The first kappa shape index (κ1) is 12.7. The van der Waals surface area contributed by atoms with Gasteiger partial charge in [-0.05, 0) is 24.1 Å². The molecule has 0 fully saturated rings. The summed E-state index contributed by atoms with van der Waals surface area (Å²) >= 11 is 0. The smallest absolute Gasteiger partial charge is 0.189 e. The predicted molar refractivity (Wildman–Crippen MR) is 69.1 cm³/mol. The fraction of sp³-hybridized carbons (Fsp3) is 0.462. The molecule has 98 valence electrons. The van der Waals surface area contributed by atoms with Crippen LogP contribution in [0.4, 0.5) is 4.39 Å². The van der Waals surface area contributed by atoms with Gasteiger partial charge in [0.1, 0.15) is 18.2 Å². The third-order valence-electron chi connectivity index (χ3n) is 2.70. The summed E-state index contributed by atoms with van der Waals surface area (Å²) in [6, 6.07) is 4.35. The Hall–Kier alpha value is -1.78. The lowest BCUT2D eigenvalue weighted by Gasteiger charge is -2.12. The Morgan fingerprint density at radius 3 is 3.11 bits per heavy atom. The topological polar surface area (TPSA) is 59.6 Å². The summed E-state index contributed by atoms with van der Waals surface area (Å²) in [6.07, 6.45) is 0. The van der Waals surface area contributed by atoms with Crippen molar-refractivity contribution in [2.24, 2.45) is 16.6 Å². The monoisotopic (exact) mass is 251 g/mol. The van der Waals surface area contributed by atoms with Gasteiger partial charge in [-0.3, -0.25) is 4.99 Å². The Morgan fingerprint density at radius 2 is 2.39 bits per heavy atom. The van der Waals surface area contributed by atoms with Crippen LogP contribution in [0.3, 0.4) is 0 Å². The molecule has 1 unspecified atom stereocenters. The van der Waals surface area contributed by atoms with E-state index in [0.29, 0.717) is 30.8 Å². The van der Waals surface area contributed by atoms with Crippen LogP contribution in [-0.4, -0.2) is 19.1 Å². The molecule has 3 N–H and O–H groups in total. The Balaban J connectivity index is 2.05. The molecule has 0 radical (unpaired) electrons. The minimum absolute atomic E-state index is 0.133. The molecule has 0 saturated carbocycles. The second-order valence-corrected chi connectivity index (χ2v) is 4.81. The number of aliphatic imine (C=N–C) groups is 1. The standard InChI is InChI=1S/C13H18FN3O/c1-8(2)6-16-13(15)17-11-7-18-12-4-3-9(14)5-10(11)12/h3-5,8,11H,6-7H2,1-2H3,(H3,15,16,17). The van der Waals surface area contributed by atoms with Gasteiger partial charge < -0.3 is 15.8 Å². The molecule has 1 aromatic rings. The maximum absolute atomic E-state index is 13.2. The summed E-state index contributed by atoms with van der Waals surface area (Å²) in [6.45, 7) is 5.25. The molecule has 0 bridgehead atoms. The predicted octanol–water partition coefficient (Wildman–Crippen LogP) is 1.82. The van der Waals surface area contributed by atoms with Crippen LogP contribution in [0.2, 0.25) is 0 Å². The zero-order valence-corrected chi connectivity index (χ0v) is 10.6. The zero-order chi connectivity index (χ0) is 13.1. The Labute approximate surface area is 106 Å². The number of nitrogens with two attached hydrogens (primary N) is 1. The van der Waals surface area contributed by atoms with E-state index in [0.717, 1.165) is 5.56 Å². The Morgan fingerprint density at radius 1 is 1.61 bits per heavy atom. The summed E-state index contributed by atoms with van der Waals surface area (Å²) in [7, 11) is 0. The highest BCUT2D eigenvalue weighted by Crippen LogP contribution is 2.32. The number of benzene rings is 1. The van der Waals surface area contributed by atoms with Crippen molar-refractivity contribution in [2.75, 3.05) is 13.2 Å². The van der Waals surface area contributed by atoms with Gasteiger partial charge in [-0.15, -0.1) is 0 Å². The van der Waals surface area contributed by atoms with Crippen molar-refractivity contribution in [3.63, 3.8) is 0 Å². The molecule has 4 nitrogen and oxygen atoms in total. The number of rotatable bonds is 3. The van der Waals surface area contributed by atoms with Gasteiger partial charge in [0.2, 0.25) is 0 Å². The highest BCUT2D eigenvalue weighted by Gasteiger charge is 2.24. The fourth-order valence-electron chi connectivity index (χ4n) is 1.81. The number of hydrogen-bond acceptors (Lipinski definition) is 2. The molecule has 1 aromatic carbocycles. The Kier molecular flexibility index (Phi) is 3.69. The van der Waals surface area contributed by atoms with Gasteiger partial charge in [0, 0.05) is 12.1 Å². The fourth-order valence-corrected chi connectivity index (χ4v) is 1.81. The molecular formula is C13H18FN3O. The molecule has 1 aliphatic heterocycles. The third kappa shape index (κ3) is 2.91. The lowest BCUT2D eigenvalue weighted by molar-refractivity contribution is 0.324. The number of nitrogens with zero attached hydrogens (tertiary/aromatic N) is 1. The van der Waals surface area contributed by atoms with E-state index in [1.165, 1.54) is 12.1 Å². The van der Waals surface area contributed by atoms with Crippen LogP contribution in [0.25, 0.3) is 0 Å². The summed E-state index contributed by atoms with van der Waals surface area (Å²) in [4.78, 5) is 4.22. The van der Waals surface area contributed by atoms with Gasteiger partial charge >= 0.3 is 0 Å². The largest absolute Gasteiger partial charge is 0.491 e. The van der Waals surface area contributed by atoms with Gasteiger partial charge in [-0.1, -0.05) is 13.8 Å². The van der Waals surface area contributed by atoms with Crippen molar-refractivity contribution in [1.29, 1.82) is 0 Å². The average molecular weight is 251 g/mol. The molecule has 1 atom stereocenters. The number of halogens is 1. The molecule has 18 heavy (non-hydrogen) atoms. The quantitative estimate of drug-likeness (QED) is 0.636. The van der Waals surface area contributed by atoms with Crippen LogP contribution in [0.5, 0.6) is 5.75 Å². The van der Waals surface area contributed by atoms with Crippen LogP contribution in [0.1, 0.15) is 25.5 Å².